The molecular formula is C16H16N2O6S. The Morgan fingerprint density at radius 3 is 2.60 bits per heavy atom. The molecule has 2 N–H and O–H groups in total. The average molecular weight is 364 g/mol. The van der Waals surface area contributed by atoms with E-state index in [0.29, 0.717) is 12.2 Å². The molecule has 25 heavy (non-hydrogen) atoms. The van der Waals surface area contributed by atoms with Crippen molar-refractivity contribution in [2.75, 3.05) is 11.6 Å². The van der Waals surface area contributed by atoms with Crippen molar-refractivity contribution in [3.05, 3.63) is 40.8 Å². The lowest BCUT2D eigenvalue weighted by molar-refractivity contribution is 0.0696. The van der Waals surface area contributed by atoms with E-state index in [1.807, 2.05) is 0 Å². The topological polar surface area (TPSA) is 127 Å². The van der Waals surface area contributed by atoms with Crippen molar-refractivity contribution < 1.29 is 27.6 Å². The molecular weight excluding hydrogens is 348 g/mol. The van der Waals surface area contributed by atoms with Crippen molar-refractivity contribution in [1.82, 2.24) is 5.16 Å². The Balaban J connectivity index is 1.94. The lowest BCUT2D eigenvalue weighted by atomic mass is 9.96. The van der Waals surface area contributed by atoms with E-state index >= 15 is 0 Å². The molecule has 3 rings (SSSR count). The van der Waals surface area contributed by atoms with Gasteiger partial charge in [0.25, 0.3) is 5.91 Å². The second-order valence-corrected chi connectivity index (χ2v) is 7.93. The zero-order chi connectivity index (χ0) is 18.2. The highest BCUT2D eigenvalue weighted by atomic mass is 32.2. The van der Waals surface area contributed by atoms with Crippen LogP contribution in [-0.2, 0) is 22.7 Å². The second kappa shape index (κ2) is 6.32. The standard InChI is InChI=1S/C16H16N2O6S/c1-25(22,23)11-7-9(16(20)21)6-10(8-11)17-15(19)14-12-4-2-3-5-13(12)24-18-14/h6-8H,2-5H2,1H3,(H,17,19)(H,20,21). The lowest BCUT2D eigenvalue weighted by Crippen LogP contribution is -2.16. The first-order valence-electron chi connectivity index (χ1n) is 7.63. The predicted octanol–water partition coefficient (Wildman–Crippen LogP) is 1.91. The van der Waals surface area contributed by atoms with Crippen molar-refractivity contribution in [1.29, 1.82) is 0 Å². The smallest absolute Gasteiger partial charge is 0.335 e. The number of carboxylic acids is 1. The molecule has 0 radical (unpaired) electrons. The molecule has 2 aromatic rings. The van der Waals surface area contributed by atoms with Gasteiger partial charge in [0.1, 0.15) is 5.76 Å². The maximum atomic E-state index is 12.5. The summed E-state index contributed by atoms with van der Waals surface area (Å²) in [4.78, 5) is 23.5. The number of carbonyl (C=O) groups is 2. The minimum Gasteiger partial charge on any atom is -0.478 e. The van der Waals surface area contributed by atoms with E-state index in [2.05, 4.69) is 10.5 Å². The number of carbonyl (C=O) groups excluding carboxylic acids is 1. The van der Waals surface area contributed by atoms with E-state index in [4.69, 9.17) is 9.63 Å². The van der Waals surface area contributed by atoms with Gasteiger partial charge in [-0.25, -0.2) is 13.2 Å². The van der Waals surface area contributed by atoms with Gasteiger partial charge < -0.3 is 14.9 Å². The van der Waals surface area contributed by atoms with Gasteiger partial charge in [-0.1, -0.05) is 5.16 Å². The number of benzene rings is 1. The number of amides is 1. The van der Waals surface area contributed by atoms with Crippen LogP contribution in [0.5, 0.6) is 0 Å². The number of anilines is 1. The number of aromatic nitrogens is 1. The monoisotopic (exact) mass is 364 g/mol. The first kappa shape index (κ1) is 17.2. The van der Waals surface area contributed by atoms with E-state index in [-0.39, 0.29) is 21.8 Å². The maximum absolute atomic E-state index is 12.5. The van der Waals surface area contributed by atoms with E-state index in [1.54, 1.807) is 0 Å². The van der Waals surface area contributed by atoms with Gasteiger partial charge >= 0.3 is 5.97 Å². The number of hydrogen-bond acceptors (Lipinski definition) is 6. The molecule has 0 fully saturated rings. The van der Waals surface area contributed by atoms with Crippen LogP contribution in [0.2, 0.25) is 0 Å². The number of hydrogen-bond donors (Lipinski definition) is 2. The van der Waals surface area contributed by atoms with Gasteiger partial charge in [-0.2, -0.15) is 0 Å². The minimum atomic E-state index is -3.63. The number of carboxylic acid groups (broad SMARTS) is 1. The zero-order valence-electron chi connectivity index (χ0n) is 13.4. The molecule has 0 unspecified atom stereocenters. The maximum Gasteiger partial charge on any atom is 0.335 e. The van der Waals surface area contributed by atoms with Gasteiger partial charge in [0.15, 0.2) is 15.5 Å². The van der Waals surface area contributed by atoms with Gasteiger partial charge in [-0.3, -0.25) is 4.79 Å². The van der Waals surface area contributed by atoms with E-state index in [1.165, 1.54) is 12.1 Å². The van der Waals surface area contributed by atoms with Crippen LogP contribution in [0.25, 0.3) is 0 Å². The fraction of sp³-hybridized carbons (Fsp3) is 0.312. The van der Waals surface area contributed by atoms with Crippen LogP contribution < -0.4 is 5.32 Å². The average Bonchev–Trinajstić information content (AvgIpc) is 2.97. The summed E-state index contributed by atoms with van der Waals surface area (Å²) in [6.45, 7) is 0. The molecule has 0 saturated heterocycles. The Kier molecular flexibility index (Phi) is 4.34. The van der Waals surface area contributed by atoms with Crippen molar-refractivity contribution in [2.24, 2.45) is 0 Å². The molecule has 1 aromatic heterocycles. The van der Waals surface area contributed by atoms with Gasteiger partial charge in [0, 0.05) is 23.9 Å². The molecule has 1 amide bonds. The number of rotatable bonds is 4. The lowest BCUT2D eigenvalue weighted by Gasteiger charge is -2.10. The van der Waals surface area contributed by atoms with Crippen molar-refractivity contribution in [2.45, 2.75) is 30.6 Å². The number of aromatic carboxylic acids is 1. The van der Waals surface area contributed by atoms with Gasteiger partial charge in [0.05, 0.1) is 10.5 Å². The highest BCUT2D eigenvalue weighted by Crippen LogP contribution is 2.25. The Hall–Kier alpha value is -2.68. The molecule has 0 spiro atoms. The summed E-state index contributed by atoms with van der Waals surface area (Å²) in [5.74, 6) is -1.17. The Labute approximate surface area is 143 Å². The van der Waals surface area contributed by atoms with Crippen LogP contribution >= 0.6 is 0 Å². The quantitative estimate of drug-likeness (QED) is 0.848. The third-order valence-electron chi connectivity index (χ3n) is 4.00. The minimum absolute atomic E-state index is 0.0675. The fourth-order valence-electron chi connectivity index (χ4n) is 2.76. The van der Waals surface area contributed by atoms with E-state index in [0.717, 1.165) is 37.1 Å². The third kappa shape index (κ3) is 3.55. The highest BCUT2D eigenvalue weighted by Gasteiger charge is 2.24. The van der Waals surface area contributed by atoms with E-state index in [9.17, 15) is 18.0 Å². The van der Waals surface area contributed by atoms with E-state index < -0.39 is 21.7 Å². The molecule has 1 aliphatic rings. The summed E-state index contributed by atoms with van der Waals surface area (Å²) in [7, 11) is -3.63. The summed E-state index contributed by atoms with van der Waals surface area (Å²) in [5, 5.41) is 15.5. The molecule has 9 heteroatoms. The highest BCUT2D eigenvalue weighted by molar-refractivity contribution is 7.90. The van der Waals surface area contributed by atoms with Crippen LogP contribution in [0.15, 0.2) is 27.6 Å². The molecule has 1 aromatic carbocycles. The molecule has 8 nitrogen and oxygen atoms in total. The van der Waals surface area contributed by atoms with Crippen LogP contribution in [-0.4, -0.2) is 36.8 Å². The predicted molar refractivity (Wildman–Crippen MR) is 87.6 cm³/mol. The van der Waals surface area contributed by atoms with Gasteiger partial charge in [0.2, 0.25) is 0 Å². The summed E-state index contributed by atoms with van der Waals surface area (Å²) in [6, 6.07) is 3.46. The molecule has 1 aliphatic carbocycles. The Morgan fingerprint density at radius 1 is 1.20 bits per heavy atom. The van der Waals surface area contributed by atoms with Gasteiger partial charge in [-0.15, -0.1) is 0 Å². The SMILES string of the molecule is CS(=O)(=O)c1cc(NC(=O)c2noc3c2CCCC3)cc(C(=O)O)c1. The summed E-state index contributed by atoms with van der Waals surface area (Å²) < 4.78 is 28.7. The Morgan fingerprint density at radius 2 is 1.92 bits per heavy atom. The first-order chi connectivity index (χ1) is 11.8. The number of aryl methyl sites for hydroxylation is 1. The molecule has 1 heterocycles. The summed E-state index contributed by atoms with van der Waals surface area (Å²) in [6.07, 6.45) is 4.28. The van der Waals surface area contributed by atoms with Crippen LogP contribution in [0, 0.1) is 0 Å². The second-order valence-electron chi connectivity index (χ2n) is 5.92. The number of fused-ring (bicyclic) bond motifs is 1. The van der Waals surface area contributed by atoms with Crippen LogP contribution in [0.4, 0.5) is 5.69 Å². The molecule has 0 aliphatic heterocycles. The number of nitrogens with zero attached hydrogens (tertiary/aromatic N) is 1. The van der Waals surface area contributed by atoms with Crippen molar-refractivity contribution >= 4 is 27.4 Å². The summed E-state index contributed by atoms with van der Waals surface area (Å²) >= 11 is 0. The van der Waals surface area contributed by atoms with Gasteiger partial charge in [-0.05, 0) is 37.5 Å². The molecule has 132 valence electrons. The molecule has 0 atom stereocenters. The van der Waals surface area contributed by atoms with Crippen molar-refractivity contribution in [3.63, 3.8) is 0 Å². The normalized spacial score (nSPS) is 14.0. The van der Waals surface area contributed by atoms with Crippen LogP contribution in [0.1, 0.15) is 45.0 Å². The Bertz CT molecular complexity index is 961. The molecule has 0 bridgehead atoms. The number of sulfone groups is 1. The third-order valence-corrected chi connectivity index (χ3v) is 5.10. The van der Waals surface area contributed by atoms with Crippen LogP contribution in [0.3, 0.4) is 0 Å². The zero-order valence-corrected chi connectivity index (χ0v) is 14.2. The first-order valence-corrected chi connectivity index (χ1v) is 9.52. The fourth-order valence-corrected chi connectivity index (χ4v) is 3.44. The number of nitrogens with one attached hydrogen (secondary N) is 1. The summed E-state index contributed by atoms with van der Waals surface area (Å²) in [5.41, 5.74) is 0.733. The largest absolute Gasteiger partial charge is 0.478 e. The molecule has 0 saturated carbocycles. The van der Waals surface area contributed by atoms with Crippen molar-refractivity contribution in [3.8, 4) is 0 Å².